The van der Waals surface area contributed by atoms with Gasteiger partial charge in [0.15, 0.2) is 0 Å². The van der Waals surface area contributed by atoms with Crippen molar-refractivity contribution in [2.75, 3.05) is 6.54 Å². The van der Waals surface area contributed by atoms with E-state index in [1.54, 1.807) is 11.1 Å². The van der Waals surface area contributed by atoms with Gasteiger partial charge < -0.3 is 21.7 Å². The summed E-state index contributed by atoms with van der Waals surface area (Å²) in [4.78, 5) is 32.0. The number of benzene rings is 1. The SMILES string of the molecule is CC(NC(=O)C1CCC(CN)CC1)[C@H]1NC(c2ccccc2)=CN1C(=O)NCc1ccccn1. The molecule has 1 aliphatic heterocycles. The van der Waals surface area contributed by atoms with Crippen molar-refractivity contribution in [2.45, 2.75) is 51.4 Å². The van der Waals surface area contributed by atoms with Crippen LogP contribution in [0.1, 0.15) is 43.9 Å². The van der Waals surface area contributed by atoms with E-state index in [9.17, 15) is 9.59 Å². The third-order valence-corrected chi connectivity index (χ3v) is 6.73. The Kier molecular flexibility index (Phi) is 7.80. The molecule has 1 fully saturated rings. The van der Waals surface area contributed by atoms with Gasteiger partial charge in [0, 0.05) is 18.3 Å². The number of carbonyl (C=O) groups excluding carboxylic acids is 2. The molecule has 8 nitrogen and oxygen atoms in total. The Morgan fingerprint density at radius 2 is 1.85 bits per heavy atom. The molecular formula is C26H34N6O2. The standard InChI is InChI=1S/C26H34N6O2/c1-18(30-25(33)21-12-10-19(15-27)11-13-21)24-31-23(20-7-3-2-4-8-20)17-32(24)26(34)29-16-22-9-5-6-14-28-22/h2-9,14,17-19,21,24,31H,10-13,15-16,27H2,1H3,(H,29,34)(H,30,33)/t18?,19?,21?,24-/m0/s1. The van der Waals surface area contributed by atoms with Crippen molar-refractivity contribution >= 4 is 17.6 Å². The van der Waals surface area contributed by atoms with Crippen LogP contribution in [-0.4, -0.2) is 40.6 Å². The number of carbonyl (C=O) groups is 2. The van der Waals surface area contributed by atoms with Crippen molar-refractivity contribution in [3.8, 4) is 0 Å². The van der Waals surface area contributed by atoms with Gasteiger partial charge in [-0.05, 0) is 62.8 Å². The number of urea groups is 1. The molecule has 0 saturated heterocycles. The number of hydrogen-bond donors (Lipinski definition) is 4. The molecule has 2 atom stereocenters. The lowest BCUT2D eigenvalue weighted by Crippen LogP contribution is -2.56. The van der Waals surface area contributed by atoms with Crippen LogP contribution in [0.2, 0.25) is 0 Å². The molecule has 2 aliphatic rings. The minimum Gasteiger partial charge on any atom is -0.361 e. The lowest BCUT2D eigenvalue weighted by molar-refractivity contribution is -0.127. The summed E-state index contributed by atoms with van der Waals surface area (Å²) in [6.07, 6.45) is 6.80. The van der Waals surface area contributed by atoms with Crippen LogP contribution in [-0.2, 0) is 11.3 Å². The van der Waals surface area contributed by atoms with Gasteiger partial charge >= 0.3 is 6.03 Å². The van der Waals surface area contributed by atoms with Gasteiger partial charge in [0.1, 0.15) is 6.17 Å². The Hall–Kier alpha value is -3.39. The second kappa shape index (κ2) is 11.2. The van der Waals surface area contributed by atoms with Gasteiger partial charge in [-0.15, -0.1) is 0 Å². The summed E-state index contributed by atoms with van der Waals surface area (Å²) in [5, 5.41) is 9.54. The van der Waals surface area contributed by atoms with E-state index in [-0.39, 0.29) is 23.9 Å². The van der Waals surface area contributed by atoms with Gasteiger partial charge in [-0.1, -0.05) is 36.4 Å². The van der Waals surface area contributed by atoms with Gasteiger partial charge in [-0.2, -0.15) is 0 Å². The molecule has 5 N–H and O–H groups in total. The summed E-state index contributed by atoms with van der Waals surface area (Å²) < 4.78 is 0. The summed E-state index contributed by atoms with van der Waals surface area (Å²) in [7, 11) is 0. The monoisotopic (exact) mass is 462 g/mol. The van der Waals surface area contributed by atoms with E-state index < -0.39 is 6.17 Å². The Morgan fingerprint density at radius 3 is 2.53 bits per heavy atom. The lowest BCUT2D eigenvalue weighted by atomic mass is 9.81. The quantitative estimate of drug-likeness (QED) is 0.506. The van der Waals surface area contributed by atoms with Crippen LogP contribution in [0.5, 0.6) is 0 Å². The smallest absolute Gasteiger partial charge is 0.323 e. The zero-order valence-electron chi connectivity index (χ0n) is 19.6. The van der Waals surface area contributed by atoms with Crippen molar-refractivity contribution in [3.63, 3.8) is 0 Å². The average Bonchev–Trinajstić information content (AvgIpc) is 3.34. The maximum atomic E-state index is 13.1. The summed E-state index contributed by atoms with van der Waals surface area (Å²) in [6, 6.07) is 14.9. The number of aromatic nitrogens is 1. The first-order valence-corrected chi connectivity index (χ1v) is 12.1. The highest BCUT2D eigenvalue weighted by Crippen LogP contribution is 2.29. The Balaban J connectivity index is 1.44. The Bertz CT molecular complexity index is 989. The molecule has 2 heterocycles. The zero-order chi connectivity index (χ0) is 23.9. The number of rotatable bonds is 7. The fourth-order valence-electron chi connectivity index (χ4n) is 4.65. The van der Waals surface area contributed by atoms with Gasteiger partial charge in [-0.3, -0.25) is 14.7 Å². The molecule has 1 aliphatic carbocycles. The van der Waals surface area contributed by atoms with E-state index in [1.807, 2.05) is 61.7 Å². The van der Waals surface area contributed by atoms with Gasteiger partial charge in [0.25, 0.3) is 0 Å². The molecule has 4 rings (SSSR count). The number of nitrogens with zero attached hydrogens (tertiary/aromatic N) is 2. The molecule has 1 aromatic carbocycles. The Labute approximate surface area is 201 Å². The van der Waals surface area contributed by atoms with E-state index >= 15 is 0 Å². The zero-order valence-corrected chi connectivity index (χ0v) is 19.6. The number of hydrogen-bond acceptors (Lipinski definition) is 5. The second-order valence-corrected chi connectivity index (χ2v) is 9.14. The van der Waals surface area contributed by atoms with Crippen LogP contribution in [0.3, 0.4) is 0 Å². The minimum absolute atomic E-state index is 0.000336. The molecule has 1 unspecified atom stereocenters. The fraction of sp³-hybridized carbons (Fsp3) is 0.423. The first-order chi connectivity index (χ1) is 16.5. The van der Waals surface area contributed by atoms with Crippen molar-refractivity contribution in [3.05, 3.63) is 72.2 Å². The van der Waals surface area contributed by atoms with E-state index in [0.717, 1.165) is 42.6 Å². The average molecular weight is 463 g/mol. The van der Waals surface area contributed by atoms with E-state index in [4.69, 9.17) is 5.73 Å². The van der Waals surface area contributed by atoms with Crippen molar-refractivity contribution < 1.29 is 9.59 Å². The number of nitrogens with one attached hydrogen (secondary N) is 3. The van der Waals surface area contributed by atoms with Crippen molar-refractivity contribution in [2.24, 2.45) is 17.6 Å². The third kappa shape index (κ3) is 5.75. The van der Waals surface area contributed by atoms with Crippen LogP contribution < -0.4 is 21.7 Å². The number of amides is 3. The molecule has 3 amide bonds. The largest absolute Gasteiger partial charge is 0.361 e. The first kappa shape index (κ1) is 23.8. The third-order valence-electron chi connectivity index (χ3n) is 6.73. The molecule has 1 aromatic heterocycles. The number of pyridine rings is 1. The van der Waals surface area contributed by atoms with E-state index in [1.165, 1.54) is 0 Å². The summed E-state index contributed by atoms with van der Waals surface area (Å²) in [6.45, 7) is 2.94. The molecule has 0 bridgehead atoms. The first-order valence-electron chi connectivity index (χ1n) is 12.1. The van der Waals surface area contributed by atoms with Crippen LogP contribution in [0, 0.1) is 11.8 Å². The van der Waals surface area contributed by atoms with Crippen LogP contribution >= 0.6 is 0 Å². The molecule has 2 aromatic rings. The van der Waals surface area contributed by atoms with Crippen molar-refractivity contribution in [1.29, 1.82) is 0 Å². The van der Waals surface area contributed by atoms with Crippen molar-refractivity contribution in [1.82, 2.24) is 25.8 Å². The van der Waals surface area contributed by atoms with Gasteiger partial charge in [0.05, 0.1) is 24.0 Å². The Morgan fingerprint density at radius 1 is 1.12 bits per heavy atom. The predicted octanol–water partition coefficient (Wildman–Crippen LogP) is 2.79. The molecule has 34 heavy (non-hydrogen) atoms. The van der Waals surface area contributed by atoms with Gasteiger partial charge in [-0.25, -0.2) is 4.79 Å². The summed E-state index contributed by atoms with van der Waals surface area (Å²) in [5.41, 5.74) is 8.39. The van der Waals surface area contributed by atoms with E-state index in [0.29, 0.717) is 19.0 Å². The normalized spacial score (nSPS) is 22.9. The maximum absolute atomic E-state index is 13.1. The fourth-order valence-corrected chi connectivity index (χ4v) is 4.65. The predicted molar refractivity (Wildman–Crippen MR) is 132 cm³/mol. The summed E-state index contributed by atoms with van der Waals surface area (Å²) in [5.74, 6) is 0.570. The topological polar surface area (TPSA) is 112 Å². The van der Waals surface area contributed by atoms with Crippen LogP contribution in [0.15, 0.2) is 60.9 Å². The molecular weight excluding hydrogens is 428 g/mol. The van der Waals surface area contributed by atoms with Crippen LogP contribution in [0.25, 0.3) is 5.70 Å². The van der Waals surface area contributed by atoms with Crippen LogP contribution in [0.4, 0.5) is 4.79 Å². The molecule has 0 radical (unpaired) electrons. The van der Waals surface area contributed by atoms with Gasteiger partial charge in [0.2, 0.25) is 5.91 Å². The minimum atomic E-state index is -0.414. The highest BCUT2D eigenvalue weighted by Gasteiger charge is 2.35. The molecule has 180 valence electrons. The van der Waals surface area contributed by atoms with E-state index in [2.05, 4.69) is 20.9 Å². The molecule has 8 heteroatoms. The maximum Gasteiger partial charge on any atom is 0.323 e. The lowest BCUT2D eigenvalue weighted by Gasteiger charge is -2.32. The number of nitrogens with two attached hydrogens (primary N) is 1. The highest BCUT2D eigenvalue weighted by molar-refractivity contribution is 5.82. The highest BCUT2D eigenvalue weighted by atomic mass is 16.2. The molecule has 0 spiro atoms. The summed E-state index contributed by atoms with van der Waals surface area (Å²) >= 11 is 0. The molecule has 1 saturated carbocycles. The second-order valence-electron chi connectivity index (χ2n) is 9.14.